The van der Waals surface area contributed by atoms with Crippen molar-refractivity contribution in [2.24, 2.45) is 0 Å². The number of anilines is 1. The molecule has 0 heterocycles. The summed E-state index contributed by atoms with van der Waals surface area (Å²) in [5.74, 6) is 0.848. The van der Waals surface area contributed by atoms with E-state index >= 15 is 0 Å². The van der Waals surface area contributed by atoms with E-state index in [9.17, 15) is 9.18 Å². The monoisotopic (exact) mass is 436 g/mol. The molecule has 5 nitrogen and oxygen atoms in total. The second-order valence-electron chi connectivity index (χ2n) is 7.59. The van der Waals surface area contributed by atoms with E-state index in [4.69, 9.17) is 9.47 Å². The van der Waals surface area contributed by atoms with Gasteiger partial charge < -0.3 is 19.7 Å². The summed E-state index contributed by atoms with van der Waals surface area (Å²) in [6, 6.07) is 21.2. The number of amides is 2. The van der Waals surface area contributed by atoms with E-state index in [1.807, 2.05) is 62.4 Å². The maximum Gasteiger partial charge on any atom is 0.322 e. The summed E-state index contributed by atoms with van der Waals surface area (Å²) in [5, 5.41) is 2.79. The summed E-state index contributed by atoms with van der Waals surface area (Å²) < 4.78 is 24.9. The van der Waals surface area contributed by atoms with Gasteiger partial charge in [0.15, 0.2) is 11.5 Å². The fraction of sp³-hybridized carbons (Fsp3) is 0.269. The molecule has 0 bridgehead atoms. The molecule has 0 aliphatic rings. The number of nitrogens with zero attached hydrogens (tertiary/aromatic N) is 1. The molecule has 32 heavy (non-hydrogen) atoms. The van der Waals surface area contributed by atoms with Crippen molar-refractivity contribution in [2.75, 3.05) is 12.4 Å². The summed E-state index contributed by atoms with van der Waals surface area (Å²) in [6.45, 7) is 4.82. The molecule has 0 aliphatic carbocycles. The van der Waals surface area contributed by atoms with Crippen molar-refractivity contribution in [3.8, 4) is 11.5 Å². The van der Waals surface area contributed by atoms with Gasteiger partial charge >= 0.3 is 6.03 Å². The Kier molecular flexibility index (Phi) is 8.08. The third-order valence-electron chi connectivity index (χ3n) is 5.28. The molecular formula is C26H29FN2O3. The van der Waals surface area contributed by atoms with Crippen molar-refractivity contribution in [2.45, 2.75) is 39.5 Å². The molecule has 0 aliphatic heterocycles. The first-order valence-electron chi connectivity index (χ1n) is 10.7. The fourth-order valence-electron chi connectivity index (χ4n) is 3.27. The van der Waals surface area contributed by atoms with Crippen molar-refractivity contribution in [3.05, 3.63) is 89.7 Å². The molecule has 1 atom stereocenters. The van der Waals surface area contributed by atoms with Gasteiger partial charge in [0.2, 0.25) is 0 Å². The van der Waals surface area contributed by atoms with Gasteiger partial charge in [0.1, 0.15) is 12.4 Å². The normalized spacial score (nSPS) is 11.5. The Labute approximate surface area is 188 Å². The molecule has 0 radical (unpaired) electrons. The van der Waals surface area contributed by atoms with Crippen LogP contribution in [0, 0.1) is 5.82 Å². The van der Waals surface area contributed by atoms with Gasteiger partial charge in [-0.15, -0.1) is 0 Å². The van der Waals surface area contributed by atoms with Gasteiger partial charge in [-0.05, 0) is 54.8 Å². The molecule has 0 saturated carbocycles. The number of ether oxygens (including phenoxy) is 2. The molecule has 1 N–H and O–H groups in total. The number of nitrogens with one attached hydrogen (secondary N) is 1. The van der Waals surface area contributed by atoms with E-state index in [2.05, 4.69) is 5.32 Å². The topological polar surface area (TPSA) is 50.8 Å². The number of hydrogen-bond acceptors (Lipinski definition) is 3. The number of benzene rings is 3. The zero-order chi connectivity index (χ0) is 22.9. The van der Waals surface area contributed by atoms with Crippen molar-refractivity contribution in [1.29, 1.82) is 0 Å². The van der Waals surface area contributed by atoms with Gasteiger partial charge in [0.05, 0.1) is 7.11 Å². The Morgan fingerprint density at radius 3 is 2.47 bits per heavy atom. The van der Waals surface area contributed by atoms with Crippen LogP contribution < -0.4 is 14.8 Å². The van der Waals surface area contributed by atoms with Gasteiger partial charge in [-0.3, -0.25) is 0 Å². The molecule has 3 aromatic carbocycles. The van der Waals surface area contributed by atoms with Crippen molar-refractivity contribution in [1.82, 2.24) is 4.90 Å². The van der Waals surface area contributed by atoms with Crippen LogP contribution in [0.25, 0.3) is 0 Å². The van der Waals surface area contributed by atoms with Gasteiger partial charge in [-0.1, -0.05) is 49.4 Å². The summed E-state index contributed by atoms with van der Waals surface area (Å²) >= 11 is 0. The number of carbonyl (C=O) groups is 1. The average Bonchev–Trinajstić information content (AvgIpc) is 2.81. The van der Waals surface area contributed by atoms with Crippen LogP contribution >= 0.6 is 0 Å². The first-order chi connectivity index (χ1) is 15.5. The second kappa shape index (κ2) is 11.2. The Bertz CT molecular complexity index is 1030. The molecule has 3 aromatic rings. The van der Waals surface area contributed by atoms with Crippen LogP contribution in [-0.4, -0.2) is 24.1 Å². The fourth-order valence-corrected chi connectivity index (χ4v) is 3.27. The smallest absolute Gasteiger partial charge is 0.322 e. The minimum Gasteiger partial charge on any atom is -0.493 e. The highest BCUT2D eigenvalue weighted by Gasteiger charge is 2.20. The first-order valence-corrected chi connectivity index (χ1v) is 10.7. The lowest BCUT2D eigenvalue weighted by Gasteiger charge is -2.29. The Hall–Kier alpha value is -3.54. The number of urea groups is 1. The summed E-state index contributed by atoms with van der Waals surface area (Å²) in [4.78, 5) is 14.7. The van der Waals surface area contributed by atoms with E-state index in [1.54, 1.807) is 24.1 Å². The summed E-state index contributed by atoms with van der Waals surface area (Å²) in [6.07, 6.45) is 0.784. The van der Waals surface area contributed by atoms with E-state index < -0.39 is 5.82 Å². The van der Waals surface area contributed by atoms with Crippen LogP contribution in [0.2, 0.25) is 0 Å². The van der Waals surface area contributed by atoms with Crippen LogP contribution in [0.4, 0.5) is 14.9 Å². The largest absolute Gasteiger partial charge is 0.493 e. The number of halogens is 1. The van der Waals surface area contributed by atoms with Crippen molar-refractivity contribution in [3.63, 3.8) is 0 Å². The highest BCUT2D eigenvalue weighted by molar-refractivity contribution is 5.89. The lowest BCUT2D eigenvalue weighted by atomic mass is 10.1. The molecule has 0 fully saturated rings. The van der Waals surface area contributed by atoms with Gasteiger partial charge in [0, 0.05) is 18.3 Å². The Morgan fingerprint density at radius 1 is 1.00 bits per heavy atom. The maximum absolute atomic E-state index is 13.5. The first kappa shape index (κ1) is 23.1. The molecule has 0 saturated heterocycles. The molecular weight excluding hydrogens is 407 g/mol. The minimum absolute atomic E-state index is 0.0106. The predicted octanol–water partition coefficient (Wildman–Crippen LogP) is 6.25. The summed E-state index contributed by atoms with van der Waals surface area (Å²) in [7, 11) is 1.59. The molecule has 2 amide bonds. The third-order valence-corrected chi connectivity index (χ3v) is 5.28. The molecule has 168 valence electrons. The van der Waals surface area contributed by atoms with E-state index in [-0.39, 0.29) is 12.1 Å². The summed E-state index contributed by atoms with van der Waals surface area (Å²) in [5.41, 5.74) is 2.39. The number of hydrogen-bond donors (Lipinski definition) is 1. The van der Waals surface area contributed by atoms with Gasteiger partial charge in [0.25, 0.3) is 0 Å². The number of methoxy groups -OCH3 is 1. The minimum atomic E-state index is -0.395. The molecule has 0 aromatic heterocycles. The van der Waals surface area contributed by atoms with Crippen LogP contribution in [-0.2, 0) is 13.2 Å². The quantitative estimate of drug-likeness (QED) is 0.432. The lowest BCUT2D eigenvalue weighted by molar-refractivity contribution is 0.187. The average molecular weight is 437 g/mol. The van der Waals surface area contributed by atoms with E-state index in [0.29, 0.717) is 30.3 Å². The molecule has 0 spiro atoms. The van der Waals surface area contributed by atoms with Crippen LogP contribution in [0.3, 0.4) is 0 Å². The molecule has 6 heteroatoms. The van der Waals surface area contributed by atoms with Crippen LogP contribution in [0.15, 0.2) is 72.8 Å². The van der Waals surface area contributed by atoms with Crippen molar-refractivity contribution >= 4 is 11.7 Å². The van der Waals surface area contributed by atoms with E-state index in [1.165, 1.54) is 12.1 Å². The Morgan fingerprint density at radius 2 is 1.78 bits per heavy atom. The van der Waals surface area contributed by atoms with Crippen LogP contribution in [0.5, 0.6) is 11.5 Å². The predicted molar refractivity (Wildman–Crippen MR) is 124 cm³/mol. The highest BCUT2D eigenvalue weighted by Crippen LogP contribution is 2.30. The Balaban J connectivity index is 1.73. The van der Waals surface area contributed by atoms with Crippen molar-refractivity contribution < 1.29 is 18.7 Å². The lowest BCUT2D eigenvalue weighted by Crippen LogP contribution is -2.40. The SMILES string of the molecule is CCC(C)N(Cc1ccc(OCc2ccccc2)c(OC)c1)C(=O)Nc1cccc(F)c1. The zero-order valence-corrected chi connectivity index (χ0v) is 18.7. The van der Waals surface area contributed by atoms with E-state index in [0.717, 1.165) is 17.5 Å². The zero-order valence-electron chi connectivity index (χ0n) is 18.7. The molecule has 3 rings (SSSR count). The third kappa shape index (κ3) is 6.23. The van der Waals surface area contributed by atoms with Gasteiger partial charge in [-0.2, -0.15) is 0 Å². The van der Waals surface area contributed by atoms with Crippen LogP contribution in [0.1, 0.15) is 31.4 Å². The molecule has 1 unspecified atom stereocenters. The standard InChI is InChI=1S/C26H29FN2O3/c1-4-19(2)29(26(30)28-23-12-8-11-22(27)16-23)17-21-13-14-24(25(15-21)31-3)32-18-20-9-6-5-7-10-20/h5-16,19H,4,17-18H2,1-3H3,(H,28,30). The number of carbonyl (C=O) groups excluding carboxylic acids is 1. The number of rotatable bonds is 9. The maximum atomic E-state index is 13.5. The van der Waals surface area contributed by atoms with Gasteiger partial charge in [-0.25, -0.2) is 9.18 Å². The second-order valence-corrected chi connectivity index (χ2v) is 7.59. The highest BCUT2D eigenvalue weighted by atomic mass is 19.1.